The number of carbonyl (C=O) groups is 1. The molecule has 2 fully saturated rings. The van der Waals surface area contributed by atoms with Gasteiger partial charge in [0.2, 0.25) is 0 Å². The van der Waals surface area contributed by atoms with E-state index in [-0.39, 0.29) is 5.91 Å². The predicted octanol–water partition coefficient (Wildman–Crippen LogP) is 1.43. The molecule has 0 unspecified atom stereocenters. The summed E-state index contributed by atoms with van der Waals surface area (Å²) in [7, 11) is 0. The number of nitrogens with one attached hydrogen (secondary N) is 1. The molecule has 2 heterocycles. The first-order chi connectivity index (χ1) is 8.24. The predicted molar refractivity (Wildman–Crippen MR) is 67.0 cm³/mol. The molecule has 0 aliphatic carbocycles. The maximum Gasteiger partial charge on any atom is 0.253 e. The molecule has 0 spiro atoms. The van der Waals surface area contributed by atoms with Crippen molar-refractivity contribution in [2.24, 2.45) is 5.92 Å². The minimum absolute atomic E-state index is 0.182. The Balaban J connectivity index is 1.73. The standard InChI is InChI=1S/C14H18N2O/c1-10-2-4-11(5-3-10)14(17)16-8-12-6-7-15-13(12)9-16/h2-5,12-13,15H,6-9H2,1H3/t12-,13+/m1/s1. The Morgan fingerprint density at radius 2 is 2.06 bits per heavy atom. The third kappa shape index (κ3) is 1.95. The summed E-state index contributed by atoms with van der Waals surface area (Å²) in [6.07, 6.45) is 1.21. The minimum atomic E-state index is 0.182. The van der Waals surface area contributed by atoms with Gasteiger partial charge in [0.05, 0.1) is 0 Å². The first kappa shape index (κ1) is 10.8. The lowest BCUT2D eigenvalue weighted by Gasteiger charge is -2.17. The average Bonchev–Trinajstić information content (AvgIpc) is 2.89. The van der Waals surface area contributed by atoms with Crippen molar-refractivity contribution >= 4 is 5.91 Å². The van der Waals surface area contributed by atoms with E-state index in [4.69, 9.17) is 0 Å². The first-order valence-electron chi connectivity index (χ1n) is 6.33. The summed E-state index contributed by atoms with van der Waals surface area (Å²) >= 11 is 0. The molecule has 3 rings (SSSR count). The fourth-order valence-electron chi connectivity index (χ4n) is 2.89. The molecule has 0 radical (unpaired) electrons. The van der Waals surface area contributed by atoms with Crippen LogP contribution in [0.25, 0.3) is 0 Å². The molecule has 17 heavy (non-hydrogen) atoms. The van der Waals surface area contributed by atoms with Gasteiger partial charge in [-0.15, -0.1) is 0 Å². The molecule has 3 nitrogen and oxygen atoms in total. The lowest BCUT2D eigenvalue weighted by atomic mass is 10.1. The molecule has 2 saturated heterocycles. The van der Waals surface area contributed by atoms with Gasteiger partial charge < -0.3 is 10.2 Å². The van der Waals surface area contributed by atoms with Crippen LogP contribution in [-0.2, 0) is 0 Å². The number of hydrogen-bond donors (Lipinski definition) is 1. The fourth-order valence-corrected chi connectivity index (χ4v) is 2.89. The zero-order chi connectivity index (χ0) is 11.8. The molecule has 2 atom stereocenters. The van der Waals surface area contributed by atoms with Crippen molar-refractivity contribution in [2.75, 3.05) is 19.6 Å². The van der Waals surface area contributed by atoms with Crippen molar-refractivity contribution in [3.05, 3.63) is 35.4 Å². The van der Waals surface area contributed by atoms with Crippen LogP contribution in [0.2, 0.25) is 0 Å². The summed E-state index contributed by atoms with van der Waals surface area (Å²) in [5, 5.41) is 3.47. The fraction of sp³-hybridized carbons (Fsp3) is 0.500. The van der Waals surface area contributed by atoms with Crippen LogP contribution in [0.4, 0.5) is 0 Å². The van der Waals surface area contributed by atoms with E-state index in [2.05, 4.69) is 5.32 Å². The van der Waals surface area contributed by atoms with E-state index < -0.39 is 0 Å². The lowest BCUT2D eigenvalue weighted by Crippen LogP contribution is -2.33. The highest BCUT2D eigenvalue weighted by molar-refractivity contribution is 5.94. The quantitative estimate of drug-likeness (QED) is 0.791. The second-order valence-electron chi connectivity index (χ2n) is 5.19. The van der Waals surface area contributed by atoms with E-state index in [0.717, 1.165) is 25.2 Å². The second kappa shape index (κ2) is 4.15. The number of carbonyl (C=O) groups excluding carboxylic acids is 1. The summed E-state index contributed by atoms with van der Waals surface area (Å²) in [5.41, 5.74) is 2.01. The maximum absolute atomic E-state index is 12.3. The van der Waals surface area contributed by atoms with Gasteiger partial charge in [-0.1, -0.05) is 17.7 Å². The van der Waals surface area contributed by atoms with Crippen molar-refractivity contribution in [3.63, 3.8) is 0 Å². The van der Waals surface area contributed by atoms with Gasteiger partial charge in [-0.2, -0.15) is 0 Å². The van der Waals surface area contributed by atoms with E-state index in [1.54, 1.807) is 0 Å². The number of hydrogen-bond acceptors (Lipinski definition) is 2. The molecular formula is C14H18N2O. The van der Waals surface area contributed by atoms with Crippen molar-refractivity contribution in [1.82, 2.24) is 10.2 Å². The number of aryl methyl sites for hydroxylation is 1. The Morgan fingerprint density at radius 3 is 2.76 bits per heavy atom. The highest BCUT2D eigenvalue weighted by Gasteiger charge is 2.37. The topological polar surface area (TPSA) is 32.3 Å². The number of amides is 1. The SMILES string of the molecule is Cc1ccc(C(=O)N2C[C@H]3CCN[C@H]3C2)cc1. The van der Waals surface area contributed by atoms with Crippen molar-refractivity contribution in [1.29, 1.82) is 0 Å². The van der Waals surface area contributed by atoms with E-state index in [1.165, 1.54) is 12.0 Å². The van der Waals surface area contributed by atoms with Gasteiger partial charge in [0, 0.05) is 24.7 Å². The molecule has 1 N–H and O–H groups in total. The molecule has 1 aromatic rings. The van der Waals surface area contributed by atoms with E-state index in [9.17, 15) is 4.79 Å². The van der Waals surface area contributed by atoms with Crippen LogP contribution in [0.1, 0.15) is 22.3 Å². The zero-order valence-corrected chi connectivity index (χ0v) is 10.1. The third-order valence-electron chi connectivity index (χ3n) is 3.95. The van der Waals surface area contributed by atoms with Gasteiger partial charge in [0.1, 0.15) is 0 Å². The van der Waals surface area contributed by atoms with Gasteiger partial charge in [0.25, 0.3) is 5.91 Å². The Kier molecular flexibility index (Phi) is 2.63. The molecule has 2 aliphatic rings. The number of benzene rings is 1. The summed E-state index contributed by atoms with van der Waals surface area (Å²) in [5.74, 6) is 0.852. The third-order valence-corrected chi connectivity index (χ3v) is 3.95. The summed E-state index contributed by atoms with van der Waals surface area (Å²) in [4.78, 5) is 14.3. The molecule has 3 heteroatoms. The molecule has 90 valence electrons. The maximum atomic E-state index is 12.3. The van der Waals surface area contributed by atoms with Crippen LogP contribution in [0.5, 0.6) is 0 Å². The van der Waals surface area contributed by atoms with Crippen molar-refractivity contribution in [2.45, 2.75) is 19.4 Å². The summed E-state index contributed by atoms with van der Waals surface area (Å²) in [6, 6.07) is 8.40. The van der Waals surface area contributed by atoms with E-state index in [1.807, 2.05) is 36.1 Å². The van der Waals surface area contributed by atoms with Crippen LogP contribution in [0.3, 0.4) is 0 Å². The highest BCUT2D eigenvalue weighted by atomic mass is 16.2. The van der Waals surface area contributed by atoms with E-state index in [0.29, 0.717) is 12.0 Å². The van der Waals surface area contributed by atoms with Crippen LogP contribution in [0, 0.1) is 12.8 Å². The summed E-state index contributed by atoms with van der Waals surface area (Å²) in [6.45, 7) is 4.95. The normalized spacial score (nSPS) is 27.2. The Bertz CT molecular complexity index is 414. The van der Waals surface area contributed by atoms with Crippen LogP contribution >= 0.6 is 0 Å². The first-order valence-corrected chi connectivity index (χ1v) is 6.33. The van der Waals surface area contributed by atoms with Crippen molar-refractivity contribution < 1.29 is 4.79 Å². The number of likely N-dealkylation sites (tertiary alicyclic amines) is 1. The Labute approximate surface area is 102 Å². The molecule has 2 aliphatic heterocycles. The zero-order valence-electron chi connectivity index (χ0n) is 10.1. The highest BCUT2D eigenvalue weighted by Crippen LogP contribution is 2.25. The molecular weight excluding hydrogens is 212 g/mol. The summed E-state index contributed by atoms with van der Waals surface area (Å²) < 4.78 is 0. The monoisotopic (exact) mass is 230 g/mol. The molecule has 1 amide bonds. The number of fused-ring (bicyclic) bond motifs is 1. The Hall–Kier alpha value is -1.35. The lowest BCUT2D eigenvalue weighted by molar-refractivity contribution is 0.0782. The van der Waals surface area contributed by atoms with Gasteiger partial charge in [-0.05, 0) is 37.9 Å². The second-order valence-corrected chi connectivity index (χ2v) is 5.19. The van der Waals surface area contributed by atoms with Gasteiger partial charge >= 0.3 is 0 Å². The van der Waals surface area contributed by atoms with Crippen LogP contribution in [0.15, 0.2) is 24.3 Å². The number of nitrogens with zero attached hydrogens (tertiary/aromatic N) is 1. The average molecular weight is 230 g/mol. The van der Waals surface area contributed by atoms with Gasteiger partial charge in [0.15, 0.2) is 0 Å². The van der Waals surface area contributed by atoms with E-state index >= 15 is 0 Å². The largest absolute Gasteiger partial charge is 0.337 e. The van der Waals surface area contributed by atoms with Crippen LogP contribution < -0.4 is 5.32 Å². The molecule has 0 bridgehead atoms. The number of rotatable bonds is 1. The Morgan fingerprint density at radius 1 is 1.29 bits per heavy atom. The molecule has 0 saturated carbocycles. The van der Waals surface area contributed by atoms with Gasteiger partial charge in [-0.3, -0.25) is 4.79 Å². The van der Waals surface area contributed by atoms with Gasteiger partial charge in [-0.25, -0.2) is 0 Å². The smallest absolute Gasteiger partial charge is 0.253 e. The molecule has 0 aromatic heterocycles. The minimum Gasteiger partial charge on any atom is -0.337 e. The van der Waals surface area contributed by atoms with Crippen molar-refractivity contribution in [3.8, 4) is 0 Å². The van der Waals surface area contributed by atoms with Crippen LogP contribution in [-0.4, -0.2) is 36.5 Å². The molecule has 1 aromatic carbocycles.